The molecule has 3 heteroatoms. The van der Waals surface area contributed by atoms with E-state index in [0.717, 1.165) is 44.4 Å². The van der Waals surface area contributed by atoms with E-state index < -0.39 is 0 Å². The van der Waals surface area contributed by atoms with Crippen LogP contribution < -0.4 is 0 Å². The highest BCUT2D eigenvalue weighted by Gasteiger charge is 2.37. The standard InChI is InChI=1S/C51H46N2O/c1-49(2,3)41-19-13-16-35(33-24-25-40-42(29-33)51(6,7)27-26-50(40,4)5)46(41)53-44-21-11-10-20-43(44)52-48(53)37-18-12-17-36-39-28-32-23-22-31-14-8-9-15-34(31)38(32)30-45(39)54-47(36)37/h8-25,28-30H,26-27H2,1-7H3. The number of benzene rings is 7. The number of nitrogens with zero attached hydrogens (tertiary/aromatic N) is 2. The van der Waals surface area contributed by atoms with Gasteiger partial charge in [-0.2, -0.15) is 0 Å². The van der Waals surface area contributed by atoms with Crippen LogP contribution in [-0.2, 0) is 16.2 Å². The third-order valence-corrected chi connectivity index (χ3v) is 12.4. The third-order valence-electron chi connectivity index (χ3n) is 12.4. The molecule has 0 bridgehead atoms. The first-order valence-electron chi connectivity index (χ1n) is 19.4. The largest absolute Gasteiger partial charge is 0.455 e. The van der Waals surface area contributed by atoms with E-state index in [1.165, 1.54) is 67.9 Å². The van der Waals surface area contributed by atoms with Crippen molar-refractivity contribution in [1.82, 2.24) is 9.55 Å². The third kappa shape index (κ3) is 4.90. The predicted molar refractivity (Wildman–Crippen MR) is 228 cm³/mol. The van der Waals surface area contributed by atoms with E-state index in [0.29, 0.717) is 0 Å². The molecule has 1 aliphatic rings. The molecule has 0 saturated carbocycles. The highest BCUT2D eigenvalue weighted by atomic mass is 16.3. The second-order valence-corrected chi connectivity index (χ2v) is 17.9. The van der Waals surface area contributed by atoms with E-state index in [1.807, 2.05) is 0 Å². The zero-order valence-corrected chi connectivity index (χ0v) is 32.3. The van der Waals surface area contributed by atoms with Gasteiger partial charge < -0.3 is 4.42 Å². The number of imidazole rings is 1. The maximum Gasteiger partial charge on any atom is 0.149 e. The van der Waals surface area contributed by atoms with Crippen molar-refractivity contribution in [2.75, 3.05) is 0 Å². The van der Waals surface area contributed by atoms with Crippen LogP contribution in [0.5, 0.6) is 0 Å². The van der Waals surface area contributed by atoms with E-state index in [2.05, 4.69) is 180 Å². The van der Waals surface area contributed by atoms with Gasteiger partial charge in [0.2, 0.25) is 0 Å². The minimum Gasteiger partial charge on any atom is -0.455 e. The van der Waals surface area contributed by atoms with Gasteiger partial charge in [0.15, 0.2) is 0 Å². The lowest BCUT2D eigenvalue weighted by Crippen LogP contribution is -2.33. The molecule has 7 aromatic carbocycles. The molecule has 10 rings (SSSR count). The molecule has 0 saturated heterocycles. The van der Waals surface area contributed by atoms with Crippen molar-refractivity contribution < 1.29 is 4.42 Å². The normalized spacial score (nSPS) is 15.5. The molecular weight excluding hydrogens is 657 g/mol. The molecule has 0 N–H and O–H groups in total. The van der Waals surface area contributed by atoms with Crippen LogP contribution in [0.3, 0.4) is 0 Å². The molecule has 0 amide bonds. The van der Waals surface area contributed by atoms with Gasteiger partial charge in [0.25, 0.3) is 0 Å². The lowest BCUT2D eigenvalue weighted by Gasteiger charge is -2.42. The quantitative estimate of drug-likeness (QED) is 0.172. The Labute approximate surface area is 317 Å². The minimum absolute atomic E-state index is 0.101. The predicted octanol–water partition coefficient (Wildman–Crippen LogP) is 14.2. The summed E-state index contributed by atoms with van der Waals surface area (Å²) in [5.74, 6) is 0.883. The Morgan fingerprint density at radius 2 is 1.30 bits per heavy atom. The summed E-state index contributed by atoms with van der Waals surface area (Å²) < 4.78 is 9.37. The van der Waals surface area contributed by atoms with Crippen molar-refractivity contribution in [3.8, 4) is 28.2 Å². The SMILES string of the molecule is CC(C)(C)c1cccc(-c2ccc3c(c2)C(C)(C)CCC3(C)C)c1-n1c(-c2cccc3c2oc2cc4c(ccc5ccccc54)cc23)nc2ccccc21. The van der Waals surface area contributed by atoms with E-state index in [4.69, 9.17) is 9.40 Å². The first-order chi connectivity index (χ1) is 25.9. The molecule has 54 heavy (non-hydrogen) atoms. The summed E-state index contributed by atoms with van der Waals surface area (Å²) in [5, 5.41) is 7.10. The topological polar surface area (TPSA) is 31.0 Å². The van der Waals surface area contributed by atoms with Crippen LogP contribution in [0.2, 0.25) is 0 Å². The highest BCUT2D eigenvalue weighted by Crippen LogP contribution is 2.49. The van der Waals surface area contributed by atoms with Crippen LogP contribution in [0.15, 0.2) is 132 Å². The van der Waals surface area contributed by atoms with Crippen molar-refractivity contribution in [3.63, 3.8) is 0 Å². The van der Waals surface area contributed by atoms with Gasteiger partial charge in [0, 0.05) is 16.3 Å². The molecular formula is C51H46N2O. The van der Waals surface area contributed by atoms with Gasteiger partial charge in [-0.05, 0) is 103 Å². The van der Waals surface area contributed by atoms with Crippen LogP contribution in [0.25, 0.3) is 82.7 Å². The Balaban J connectivity index is 1.27. The van der Waals surface area contributed by atoms with Crippen molar-refractivity contribution in [1.29, 1.82) is 0 Å². The summed E-state index contributed by atoms with van der Waals surface area (Å²) >= 11 is 0. The van der Waals surface area contributed by atoms with Gasteiger partial charge in [-0.1, -0.05) is 146 Å². The van der Waals surface area contributed by atoms with Crippen LogP contribution >= 0.6 is 0 Å². The molecule has 0 spiro atoms. The summed E-state index contributed by atoms with van der Waals surface area (Å²) in [6.45, 7) is 16.6. The van der Waals surface area contributed by atoms with Gasteiger partial charge >= 0.3 is 0 Å². The monoisotopic (exact) mass is 702 g/mol. The van der Waals surface area contributed by atoms with Gasteiger partial charge in [0.05, 0.1) is 22.3 Å². The summed E-state index contributed by atoms with van der Waals surface area (Å²) in [4.78, 5) is 5.45. The Morgan fingerprint density at radius 3 is 2.13 bits per heavy atom. The lowest BCUT2D eigenvalue weighted by molar-refractivity contribution is 0.332. The average molecular weight is 703 g/mol. The molecule has 0 unspecified atom stereocenters. The fourth-order valence-corrected chi connectivity index (χ4v) is 9.29. The first-order valence-corrected chi connectivity index (χ1v) is 19.4. The fourth-order valence-electron chi connectivity index (χ4n) is 9.29. The molecule has 0 radical (unpaired) electrons. The summed E-state index contributed by atoms with van der Waals surface area (Å²) in [6.07, 6.45) is 2.37. The van der Waals surface area contributed by atoms with Crippen molar-refractivity contribution in [2.24, 2.45) is 0 Å². The average Bonchev–Trinajstić information content (AvgIpc) is 3.73. The number of rotatable bonds is 3. The maximum atomic E-state index is 6.95. The van der Waals surface area contributed by atoms with Crippen molar-refractivity contribution >= 4 is 54.5 Å². The molecule has 2 aromatic heterocycles. The van der Waals surface area contributed by atoms with Gasteiger partial charge in [-0.25, -0.2) is 4.98 Å². The zero-order chi connectivity index (χ0) is 37.1. The molecule has 0 aliphatic heterocycles. The number of aromatic nitrogens is 2. The van der Waals surface area contributed by atoms with Gasteiger partial charge in [-0.3, -0.25) is 4.57 Å². The molecule has 0 atom stereocenters. The molecule has 0 fully saturated rings. The fraction of sp³-hybridized carbons (Fsp3) is 0.235. The van der Waals surface area contributed by atoms with E-state index in [9.17, 15) is 0 Å². The Hall–Kier alpha value is -5.67. The molecule has 2 heterocycles. The van der Waals surface area contributed by atoms with E-state index in [1.54, 1.807) is 0 Å². The van der Waals surface area contributed by atoms with Gasteiger partial charge in [-0.15, -0.1) is 0 Å². The number of hydrogen-bond donors (Lipinski definition) is 0. The molecule has 266 valence electrons. The number of para-hydroxylation sites is 4. The first kappa shape index (κ1) is 32.9. The van der Waals surface area contributed by atoms with Crippen LogP contribution in [0.4, 0.5) is 0 Å². The van der Waals surface area contributed by atoms with E-state index in [-0.39, 0.29) is 16.2 Å². The lowest BCUT2D eigenvalue weighted by atomic mass is 9.63. The smallest absolute Gasteiger partial charge is 0.149 e. The minimum atomic E-state index is -0.141. The van der Waals surface area contributed by atoms with Crippen LogP contribution in [-0.4, -0.2) is 9.55 Å². The highest BCUT2D eigenvalue weighted by molar-refractivity contribution is 6.17. The second kappa shape index (κ2) is 11.4. The number of hydrogen-bond acceptors (Lipinski definition) is 2. The summed E-state index contributed by atoms with van der Waals surface area (Å²) in [6, 6.07) is 46.8. The Kier molecular flexibility index (Phi) is 6.96. The van der Waals surface area contributed by atoms with Crippen molar-refractivity contribution in [3.05, 3.63) is 144 Å². The molecule has 3 nitrogen and oxygen atoms in total. The summed E-state index contributed by atoms with van der Waals surface area (Å²) in [7, 11) is 0. The maximum absolute atomic E-state index is 6.95. The molecule has 9 aromatic rings. The zero-order valence-electron chi connectivity index (χ0n) is 32.3. The van der Waals surface area contributed by atoms with Crippen LogP contribution in [0, 0.1) is 0 Å². The summed E-state index contributed by atoms with van der Waals surface area (Å²) in [5.41, 5.74) is 12.7. The van der Waals surface area contributed by atoms with Crippen molar-refractivity contribution in [2.45, 2.75) is 77.6 Å². The molecule has 1 aliphatic carbocycles. The Morgan fingerprint density at radius 1 is 0.593 bits per heavy atom. The number of fused-ring (bicyclic) bond motifs is 8. The number of furan rings is 1. The van der Waals surface area contributed by atoms with E-state index >= 15 is 0 Å². The van der Waals surface area contributed by atoms with Gasteiger partial charge in [0.1, 0.15) is 17.0 Å². The van der Waals surface area contributed by atoms with Crippen LogP contribution in [0.1, 0.15) is 78.0 Å². The second-order valence-electron chi connectivity index (χ2n) is 17.9. The Bertz CT molecular complexity index is 2980.